The van der Waals surface area contributed by atoms with Crippen LogP contribution in [-0.4, -0.2) is 15.0 Å². The first-order valence-electron chi connectivity index (χ1n) is 19.1. The van der Waals surface area contributed by atoms with Crippen LogP contribution >= 0.6 is 0 Å². The Morgan fingerprint density at radius 1 is 0.396 bits per heavy atom. The van der Waals surface area contributed by atoms with Gasteiger partial charge in [0.1, 0.15) is 0 Å². The minimum absolute atomic E-state index is 0.0209. The molecule has 0 aliphatic carbocycles. The standard InChI is InChI=1S/C50H55N3/c1-47(2,3)35-23-34(24-36(25-35)48(4,5)6)33-19-20-43(52-30-33)32-17-15-16-31(22-32)39-26-37(49(7,8)9)27-40-41-28-38(50(10,11)12)29-42(46(41)53-45(39)40)44-18-13-14-21-51-44/h13-30,53H,1-12H3. The smallest absolute Gasteiger partial charge is 0.0723 e. The molecule has 0 atom stereocenters. The average molecular weight is 698 g/mol. The lowest BCUT2D eigenvalue weighted by molar-refractivity contribution is 0.569. The molecule has 3 nitrogen and oxygen atoms in total. The molecule has 3 heteroatoms. The van der Waals surface area contributed by atoms with E-state index < -0.39 is 0 Å². The van der Waals surface area contributed by atoms with Gasteiger partial charge in [0.2, 0.25) is 0 Å². The summed E-state index contributed by atoms with van der Waals surface area (Å²) in [5.74, 6) is 0. The summed E-state index contributed by atoms with van der Waals surface area (Å²) in [5, 5.41) is 2.48. The molecule has 0 saturated heterocycles. The van der Waals surface area contributed by atoms with Crippen LogP contribution in [0.25, 0.3) is 66.6 Å². The van der Waals surface area contributed by atoms with E-state index in [-0.39, 0.29) is 21.7 Å². The highest BCUT2D eigenvalue weighted by Gasteiger charge is 2.24. The molecule has 1 N–H and O–H groups in total. The summed E-state index contributed by atoms with van der Waals surface area (Å²) in [7, 11) is 0. The van der Waals surface area contributed by atoms with Crippen molar-refractivity contribution in [1.82, 2.24) is 15.0 Å². The van der Waals surface area contributed by atoms with E-state index in [2.05, 4.69) is 179 Å². The highest BCUT2D eigenvalue weighted by Crippen LogP contribution is 2.43. The van der Waals surface area contributed by atoms with E-state index >= 15 is 0 Å². The van der Waals surface area contributed by atoms with Crippen LogP contribution < -0.4 is 0 Å². The molecule has 3 heterocycles. The second-order valence-electron chi connectivity index (χ2n) is 19.0. The Morgan fingerprint density at radius 3 is 1.47 bits per heavy atom. The molecular formula is C50H55N3. The number of benzene rings is 4. The summed E-state index contributed by atoms with van der Waals surface area (Å²) in [6.07, 6.45) is 3.92. The molecule has 0 spiro atoms. The van der Waals surface area contributed by atoms with Crippen LogP contribution in [0.2, 0.25) is 0 Å². The normalized spacial score (nSPS) is 12.9. The van der Waals surface area contributed by atoms with E-state index in [0.29, 0.717) is 0 Å². The van der Waals surface area contributed by atoms with Crippen molar-refractivity contribution in [1.29, 1.82) is 0 Å². The van der Waals surface area contributed by atoms with E-state index in [1.807, 2.05) is 18.5 Å². The van der Waals surface area contributed by atoms with Crippen molar-refractivity contribution in [2.75, 3.05) is 0 Å². The van der Waals surface area contributed by atoms with Crippen LogP contribution in [0.4, 0.5) is 0 Å². The third-order valence-electron chi connectivity index (χ3n) is 10.7. The zero-order valence-corrected chi connectivity index (χ0v) is 33.8. The molecule has 3 aromatic heterocycles. The van der Waals surface area contributed by atoms with Crippen molar-refractivity contribution in [2.24, 2.45) is 0 Å². The number of aromatic amines is 1. The Labute approximate surface area is 317 Å². The number of hydrogen-bond acceptors (Lipinski definition) is 2. The summed E-state index contributed by atoms with van der Waals surface area (Å²) in [6, 6.07) is 36.0. The van der Waals surface area contributed by atoms with Crippen molar-refractivity contribution < 1.29 is 0 Å². The number of fused-ring (bicyclic) bond motifs is 3. The molecule has 0 aliphatic rings. The number of H-pyrrole nitrogens is 1. The number of nitrogens with zero attached hydrogens (tertiary/aromatic N) is 2. The van der Waals surface area contributed by atoms with Gasteiger partial charge in [0, 0.05) is 45.4 Å². The predicted octanol–water partition coefficient (Wildman–Crippen LogP) is 14.0. The lowest BCUT2D eigenvalue weighted by Crippen LogP contribution is -2.16. The molecule has 0 fully saturated rings. The topological polar surface area (TPSA) is 41.6 Å². The van der Waals surface area contributed by atoms with E-state index in [4.69, 9.17) is 9.97 Å². The Balaban J connectivity index is 1.37. The van der Waals surface area contributed by atoms with Crippen LogP contribution in [0.1, 0.15) is 105 Å². The Bertz CT molecular complexity index is 2420. The molecule has 7 rings (SSSR count). The van der Waals surface area contributed by atoms with Gasteiger partial charge in [-0.1, -0.05) is 132 Å². The molecular weight excluding hydrogens is 643 g/mol. The second kappa shape index (κ2) is 12.8. The average Bonchev–Trinajstić information content (AvgIpc) is 3.48. The third kappa shape index (κ3) is 7.19. The lowest BCUT2D eigenvalue weighted by atomic mass is 9.79. The highest BCUT2D eigenvalue weighted by molar-refractivity contribution is 6.16. The molecule has 0 radical (unpaired) electrons. The number of aromatic nitrogens is 3. The fourth-order valence-electron chi connectivity index (χ4n) is 7.16. The van der Waals surface area contributed by atoms with Crippen molar-refractivity contribution in [3.05, 3.63) is 132 Å². The summed E-state index contributed by atoms with van der Waals surface area (Å²) >= 11 is 0. The summed E-state index contributed by atoms with van der Waals surface area (Å²) in [4.78, 5) is 13.8. The molecule has 7 aromatic rings. The molecule has 270 valence electrons. The maximum Gasteiger partial charge on any atom is 0.0723 e. The summed E-state index contributed by atoms with van der Waals surface area (Å²) in [5.41, 5.74) is 16.5. The molecule has 0 bridgehead atoms. The van der Waals surface area contributed by atoms with E-state index in [1.165, 1.54) is 49.7 Å². The van der Waals surface area contributed by atoms with Gasteiger partial charge in [-0.3, -0.25) is 9.97 Å². The summed E-state index contributed by atoms with van der Waals surface area (Å²) in [6.45, 7) is 27.5. The molecule has 0 saturated carbocycles. The zero-order valence-electron chi connectivity index (χ0n) is 33.8. The van der Waals surface area contributed by atoms with Gasteiger partial charge in [0.25, 0.3) is 0 Å². The van der Waals surface area contributed by atoms with Crippen LogP contribution in [0.15, 0.2) is 109 Å². The van der Waals surface area contributed by atoms with E-state index in [1.54, 1.807) is 0 Å². The van der Waals surface area contributed by atoms with Gasteiger partial charge in [-0.05, 0) is 104 Å². The van der Waals surface area contributed by atoms with Crippen LogP contribution in [0, 0.1) is 0 Å². The van der Waals surface area contributed by atoms with Gasteiger partial charge < -0.3 is 4.98 Å². The first kappa shape index (κ1) is 36.3. The lowest BCUT2D eigenvalue weighted by Gasteiger charge is -2.26. The van der Waals surface area contributed by atoms with Gasteiger partial charge in [0.15, 0.2) is 0 Å². The van der Waals surface area contributed by atoms with E-state index in [0.717, 1.165) is 39.1 Å². The van der Waals surface area contributed by atoms with Gasteiger partial charge in [-0.2, -0.15) is 0 Å². The highest BCUT2D eigenvalue weighted by atomic mass is 14.7. The Morgan fingerprint density at radius 2 is 0.943 bits per heavy atom. The first-order valence-corrected chi connectivity index (χ1v) is 19.1. The number of nitrogens with one attached hydrogen (secondary N) is 1. The number of pyridine rings is 2. The minimum Gasteiger partial charge on any atom is -0.353 e. The van der Waals surface area contributed by atoms with Gasteiger partial charge in [0.05, 0.1) is 22.4 Å². The van der Waals surface area contributed by atoms with E-state index in [9.17, 15) is 0 Å². The molecule has 53 heavy (non-hydrogen) atoms. The Hall–Kier alpha value is -5.02. The van der Waals surface area contributed by atoms with Crippen molar-refractivity contribution >= 4 is 21.8 Å². The Kier molecular flexibility index (Phi) is 8.80. The van der Waals surface area contributed by atoms with Crippen LogP contribution in [-0.2, 0) is 21.7 Å². The monoisotopic (exact) mass is 697 g/mol. The molecule has 0 amide bonds. The molecule has 0 unspecified atom stereocenters. The quantitative estimate of drug-likeness (QED) is 0.199. The van der Waals surface area contributed by atoms with Gasteiger partial charge >= 0.3 is 0 Å². The fraction of sp³-hybridized carbons (Fsp3) is 0.320. The van der Waals surface area contributed by atoms with Crippen molar-refractivity contribution in [3.63, 3.8) is 0 Å². The van der Waals surface area contributed by atoms with Gasteiger partial charge in [-0.15, -0.1) is 0 Å². The second-order valence-corrected chi connectivity index (χ2v) is 19.0. The zero-order chi connectivity index (χ0) is 38.1. The van der Waals surface area contributed by atoms with Crippen LogP contribution in [0.3, 0.4) is 0 Å². The molecule has 0 aliphatic heterocycles. The van der Waals surface area contributed by atoms with Crippen LogP contribution in [0.5, 0.6) is 0 Å². The van der Waals surface area contributed by atoms with Crippen molar-refractivity contribution in [2.45, 2.75) is 105 Å². The summed E-state index contributed by atoms with van der Waals surface area (Å²) < 4.78 is 0. The SMILES string of the molecule is CC(C)(C)c1cc(-c2ccc(-c3cccc(-c4cc(C(C)(C)C)cc5c4[nH]c4c(-c6ccccn6)cc(C(C)(C)C)cc45)c3)nc2)cc(C(C)(C)C)c1. The maximum atomic E-state index is 5.06. The first-order chi connectivity index (χ1) is 24.8. The van der Waals surface area contributed by atoms with Gasteiger partial charge in [-0.25, -0.2) is 0 Å². The molecule has 4 aromatic carbocycles. The minimum atomic E-state index is -0.0376. The number of rotatable bonds is 4. The fourth-order valence-corrected chi connectivity index (χ4v) is 7.16. The third-order valence-corrected chi connectivity index (χ3v) is 10.7. The largest absolute Gasteiger partial charge is 0.353 e. The predicted molar refractivity (Wildman–Crippen MR) is 228 cm³/mol. The maximum absolute atomic E-state index is 5.06. The van der Waals surface area contributed by atoms with Crippen molar-refractivity contribution in [3.8, 4) is 44.8 Å². The number of hydrogen-bond donors (Lipinski definition) is 1.